The molecule has 0 aliphatic heterocycles. The molecule has 0 bridgehead atoms. The molecule has 1 aromatic carbocycles. The van der Waals surface area contributed by atoms with E-state index in [1.807, 2.05) is 0 Å². The zero-order valence-electron chi connectivity index (χ0n) is 11.5. The average molecular weight is 288 g/mol. The maximum Gasteiger partial charge on any atom is 0.335 e. The lowest BCUT2D eigenvalue weighted by Gasteiger charge is -2.08. The maximum atomic E-state index is 10.9. The highest BCUT2D eigenvalue weighted by Gasteiger charge is 2.04. The normalized spacial score (nSPS) is 10.1. The Balaban J connectivity index is 2.07. The quantitative estimate of drug-likeness (QED) is 0.670. The Morgan fingerprint density at radius 3 is 2.86 bits per heavy atom. The fourth-order valence-corrected chi connectivity index (χ4v) is 1.68. The number of nitrogens with zero attached hydrogens (tertiary/aromatic N) is 2. The van der Waals surface area contributed by atoms with Crippen molar-refractivity contribution in [1.82, 2.24) is 9.97 Å². The van der Waals surface area contributed by atoms with Gasteiger partial charge in [0.1, 0.15) is 18.0 Å². The summed E-state index contributed by atoms with van der Waals surface area (Å²) >= 11 is 0. The van der Waals surface area contributed by atoms with E-state index in [2.05, 4.69) is 20.6 Å². The van der Waals surface area contributed by atoms with Crippen molar-refractivity contribution < 1.29 is 14.6 Å². The molecule has 0 saturated heterocycles. The van der Waals surface area contributed by atoms with Gasteiger partial charge in [0.15, 0.2) is 0 Å². The Kier molecular flexibility index (Phi) is 5.05. The Morgan fingerprint density at radius 1 is 1.29 bits per heavy atom. The molecule has 0 atom stereocenters. The number of carboxylic acid groups (broad SMARTS) is 1. The molecule has 2 aromatic rings. The molecule has 1 aromatic heterocycles. The zero-order valence-corrected chi connectivity index (χ0v) is 11.5. The van der Waals surface area contributed by atoms with Crippen molar-refractivity contribution in [2.45, 2.75) is 0 Å². The van der Waals surface area contributed by atoms with Gasteiger partial charge in [-0.15, -0.1) is 0 Å². The van der Waals surface area contributed by atoms with Crippen LogP contribution in [-0.4, -0.2) is 41.3 Å². The van der Waals surface area contributed by atoms with E-state index < -0.39 is 5.97 Å². The first kappa shape index (κ1) is 14.7. The van der Waals surface area contributed by atoms with Gasteiger partial charge in [0.05, 0.1) is 12.2 Å². The van der Waals surface area contributed by atoms with Crippen LogP contribution < -0.4 is 10.6 Å². The van der Waals surface area contributed by atoms with Crippen LogP contribution in [0.25, 0.3) is 0 Å². The lowest BCUT2D eigenvalue weighted by atomic mass is 10.2. The monoisotopic (exact) mass is 288 g/mol. The highest BCUT2D eigenvalue weighted by Crippen LogP contribution is 2.17. The highest BCUT2D eigenvalue weighted by molar-refractivity contribution is 5.89. The summed E-state index contributed by atoms with van der Waals surface area (Å²) < 4.78 is 4.95. The number of hydrogen-bond donors (Lipinski definition) is 3. The molecule has 110 valence electrons. The number of hydrogen-bond acceptors (Lipinski definition) is 6. The number of carbonyl (C=O) groups is 1. The molecule has 0 aliphatic rings. The maximum absolute atomic E-state index is 10.9. The van der Waals surface area contributed by atoms with Gasteiger partial charge >= 0.3 is 5.97 Å². The van der Waals surface area contributed by atoms with Crippen LogP contribution in [0.15, 0.2) is 36.7 Å². The molecule has 2 rings (SSSR count). The van der Waals surface area contributed by atoms with Crippen molar-refractivity contribution in [2.24, 2.45) is 0 Å². The van der Waals surface area contributed by atoms with E-state index in [9.17, 15) is 4.79 Å². The number of benzene rings is 1. The summed E-state index contributed by atoms with van der Waals surface area (Å²) in [5.74, 6) is 0.273. The summed E-state index contributed by atoms with van der Waals surface area (Å²) in [5, 5.41) is 15.1. The minimum Gasteiger partial charge on any atom is -0.478 e. The van der Waals surface area contributed by atoms with E-state index in [4.69, 9.17) is 9.84 Å². The van der Waals surface area contributed by atoms with E-state index >= 15 is 0 Å². The van der Waals surface area contributed by atoms with E-state index in [-0.39, 0.29) is 5.56 Å². The van der Waals surface area contributed by atoms with Crippen LogP contribution in [0.4, 0.5) is 17.3 Å². The number of aromatic carboxylic acids is 1. The molecule has 0 aliphatic carbocycles. The van der Waals surface area contributed by atoms with Gasteiger partial charge in [-0.3, -0.25) is 0 Å². The first-order valence-electron chi connectivity index (χ1n) is 6.34. The highest BCUT2D eigenvalue weighted by atomic mass is 16.5. The van der Waals surface area contributed by atoms with Crippen molar-refractivity contribution in [2.75, 3.05) is 30.9 Å². The molecule has 7 nitrogen and oxygen atoms in total. The average Bonchev–Trinajstić information content (AvgIpc) is 2.48. The minimum absolute atomic E-state index is 0.215. The molecular weight excluding hydrogens is 272 g/mol. The Hall–Kier alpha value is -2.67. The van der Waals surface area contributed by atoms with Gasteiger partial charge in [-0.25, -0.2) is 14.8 Å². The van der Waals surface area contributed by atoms with Crippen LogP contribution in [0.3, 0.4) is 0 Å². The summed E-state index contributed by atoms with van der Waals surface area (Å²) in [5.41, 5.74) is 0.865. The smallest absolute Gasteiger partial charge is 0.335 e. The molecular formula is C14H16N4O3. The van der Waals surface area contributed by atoms with Crippen LogP contribution in [0.5, 0.6) is 0 Å². The molecule has 0 radical (unpaired) electrons. The molecule has 3 N–H and O–H groups in total. The molecule has 7 heteroatoms. The van der Waals surface area contributed by atoms with Crippen molar-refractivity contribution in [3.8, 4) is 0 Å². The van der Waals surface area contributed by atoms with Gasteiger partial charge in [-0.1, -0.05) is 6.07 Å². The van der Waals surface area contributed by atoms with Crippen LogP contribution >= 0.6 is 0 Å². The summed E-state index contributed by atoms with van der Waals surface area (Å²) in [4.78, 5) is 19.1. The molecule has 0 amide bonds. The van der Waals surface area contributed by atoms with Gasteiger partial charge in [-0.05, 0) is 18.2 Å². The second-order valence-electron chi connectivity index (χ2n) is 4.22. The summed E-state index contributed by atoms with van der Waals surface area (Å²) in [7, 11) is 1.63. The molecule has 0 spiro atoms. The van der Waals surface area contributed by atoms with Crippen LogP contribution in [-0.2, 0) is 4.74 Å². The first-order valence-corrected chi connectivity index (χ1v) is 6.34. The van der Waals surface area contributed by atoms with E-state index in [1.54, 1.807) is 31.4 Å². The number of anilines is 3. The SMILES string of the molecule is COCCNc1cc(Nc2cccc(C(=O)O)c2)ncn1. The fraction of sp³-hybridized carbons (Fsp3) is 0.214. The third kappa shape index (κ3) is 4.43. The largest absolute Gasteiger partial charge is 0.478 e. The first-order chi connectivity index (χ1) is 10.2. The molecule has 0 fully saturated rings. The van der Waals surface area contributed by atoms with Crippen LogP contribution in [0.2, 0.25) is 0 Å². The zero-order chi connectivity index (χ0) is 15.1. The lowest BCUT2D eigenvalue weighted by Crippen LogP contribution is -2.09. The number of aromatic nitrogens is 2. The Bertz CT molecular complexity index is 619. The molecule has 0 saturated carbocycles. The summed E-state index contributed by atoms with van der Waals surface area (Å²) in [6.07, 6.45) is 1.43. The third-order valence-corrected chi connectivity index (χ3v) is 2.66. The summed E-state index contributed by atoms with van der Waals surface area (Å²) in [6.45, 7) is 1.22. The van der Waals surface area contributed by atoms with Crippen molar-refractivity contribution in [3.05, 3.63) is 42.2 Å². The molecule has 1 heterocycles. The van der Waals surface area contributed by atoms with Gasteiger partial charge < -0.3 is 20.5 Å². The molecule has 0 unspecified atom stereocenters. The van der Waals surface area contributed by atoms with Gasteiger partial charge in [0.2, 0.25) is 0 Å². The predicted molar refractivity (Wildman–Crippen MR) is 79.1 cm³/mol. The Labute approximate surface area is 122 Å². The lowest BCUT2D eigenvalue weighted by molar-refractivity contribution is 0.0697. The summed E-state index contributed by atoms with van der Waals surface area (Å²) in [6, 6.07) is 8.26. The standard InChI is InChI=1S/C14H16N4O3/c1-21-6-5-15-12-8-13(17-9-16-12)18-11-4-2-3-10(7-11)14(19)20/h2-4,7-9H,5-6H2,1H3,(H,19,20)(H2,15,16,17,18). The van der Waals surface area contributed by atoms with E-state index in [1.165, 1.54) is 12.4 Å². The second-order valence-corrected chi connectivity index (χ2v) is 4.22. The van der Waals surface area contributed by atoms with Gasteiger partial charge in [0.25, 0.3) is 0 Å². The number of ether oxygens (including phenoxy) is 1. The van der Waals surface area contributed by atoms with E-state index in [0.717, 1.165) is 0 Å². The predicted octanol–water partition coefficient (Wildman–Crippen LogP) is 1.98. The number of methoxy groups -OCH3 is 1. The van der Waals surface area contributed by atoms with E-state index in [0.29, 0.717) is 30.5 Å². The number of rotatable bonds is 7. The third-order valence-electron chi connectivity index (χ3n) is 2.66. The second kappa shape index (κ2) is 7.20. The van der Waals surface area contributed by atoms with Gasteiger partial charge in [-0.2, -0.15) is 0 Å². The van der Waals surface area contributed by atoms with Crippen LogP contribution in [0.1, 0.15) is 10.4 Å². The molecule has 21 heavy (non-hydrogen) atoms. The topological polar surface area (TPSA) is 96.4 Å². The van der Waals surface area contributed by atoms with Crippen molar-refractivity contribution >= 4 is 23.3 Å². The van der Waals surface area contributed by atoms with Crippen molar-refractivity contribution in [3.63, 3.8) is 0 Å². The number of nitrogens with one attached hydrogen (secondary N) is 2. The van der Waals surface area contributed by atoms with Gasteiger partial charge in [0, 0.05) is 25.4 Å². The Morgan fingerprint density at radius 2 is 2.10 bits per heavy atom. The van der Waals surface area contributed by atoms with Crippen LogP contribution in [0, 0.1) is 0 Å². The number of carboxylic acids is 1. The minimum atomic E-state index is -0.969. The van der Waals surface area contributed by atoms with Crippen molar-refractivity contribution in [1.29, 1.82) is 0 Å². The fourth-order valence-electron chi connectivity index (χ4n) is 1.68.